The van der Waals surface area contributed by atoms with Crippen molar-refractivity contribution in [3.63, 3.8) is 0 Å². The first-order valence-electron chi connectivity index (χ1n) is 8.27. The monoisotopic (exact) mass is 374 g/mol. The van der Waals surface area contributed by atoms with E-state index < -0.39 is 0 Å². The van der Waals surface area contributed by atoms with Gasteiger partial charge in [-0.05, 0) is 36.8 Å². The van der Waals surface area contributed by atoms with Gasteiger partial charge in [-0.15, -0.1) is 0 Å². The van der Waals surface area contributed by atoms with E-state index in [-0.39, 0.29) is 5.91 Å². The third-order valence-corrected chi connectivity index (χ3v) is 3.80. The number of benzene rings is 2. The van der Waals surface area contributed by atoms with Crippen LogP contribution in [0.2, 0.25) is 5.02 Å². The number of guanidine groups is 1. The molecule has 0 unspecified atom stereocenters. The molecule has 4 N–H and O–H groups in total. The first-order chi connectivity index (χ1) is 12.6. The minimum atomic E-state index is -0.0699. The summed E-state index contributed by atoms with van der Waals surface area (Å²) in [7, 11) is 1.64. The molecule has 0 saturated carbocycles. The quantitative estimate of drug-likeness (QED) is 0.374. The van der Waals surface area contributed by atoms with Crippen molar-refractivity contribution in [2.24, 2.45) is 10.7 Å². The zero-order valence-corrected chi connectivity index (χ0v) is 15.4. The van der Waals surface area contributed by atoms with E-state index >= 15 is 0 Å². The number of aliphatic imine (C=N–C) groups is 1. The molecule has 0 saturated heterocycles. The molecule has 6 nitrogen and oxygen atoms in total. The number of anilines is 2. The maximum Gasteiger partial charge on any atom is 0.224 e. The highest BCUT2D eigenvalue weighted by atomic mass is 35.5. The van der Waals surface area contributed by atoms with Gasteiger partial charge in [-0.1, -0.05) is 29.8 Å². The molecule has 2 aromatic carbocycles. The summed E-state index contributed by atoms with van der Waals surface area (Å²) in [5.74, 6) is 0.242. The lowest BCUT2D eigenvalue weighted by molar-refractivity contribution is -0.116. The zero-order chi connectivity index (χ0) is 18.8. The molecule has 2 rings (SSSR count). The van der Waals surface area contributed by atoms with Crippen LogP contribution in [-0.2, 0) is 16.1 Å². The molecule has 0 fully saturated rings. The van der Waals surface area contributed by atoms with Gasteiger partial charge in [0.05, 0.1) is 6.61 Å². The molecule has 0 aromatic heterocycles. The average Bonchev–Trinajstić information content (AvgIpc) is 2.63. The van der Waals surface area contributed by atoms with Crippen LogP contribution in [0.25, 0.3) is 0 Å². The Morgan fingerprint density at radius 3 is 2.62 bits per heavy atom. The molecule has 26 heavy (non-hydrogen) atoms. The van der Waals surface area contributed by atoms with Crippen LogP contribution in [0.5, 0.6) is 0 Å². The van der Waals surface area contributed by atoms with E-state index in [4.69, 9.17) is 22.1 Å². The van der Waals surface area contributed by atoms with Gasteiger partial charge in [0.1, 0.15) is 0 Å². The lowest BCUT2D eigenvalue weighted by Crippen LogP contribution is -2.23. The molecule has 0 heterocycles. The average molecular weight is 375 g/mol. The summed E-state index contributed by atoms with van der Waals surface area (Å²) >= 11 is 5.81. The molecular weight excluding hydrogens is 352 g/mol. The zero-order valence-electron chi connectivity index (χ0n) is 14.7. The maximum absolute atomic E-state index is 11.9. The third kappa shape index (κ3) is 6.74. The second kappa shape index (κ2) is 10.4. The Morgan fingerprint density at radius 1 is 1.15 bits per heavy atom. The molecule has 0 spiro atoms. The molecular formula is C19H23ClN4O2. The number of nitrogens with one attached hydrogen (secondary N) is 2. The fourth-order valence-electron chi connectivity index (χ4n) is 2.30. The Labute approximate surface area is 158 Å². The summed E-state index contributed by atoms with van der Waals surface area (Å²) < 4.78 is 5.16. The lowest BCUT2D eigenvalue weighted by Gasteiger charge is -2.10. The van der Waals surface area contributed by atoms with Gasteiger partial charge < -0.3 is 21.1 Å². The number of halogens is 1. The van der Waals surface area contributed by atoms with Crippen molar-refractivity contribution in [2.75, 3.05) is 24.3 Å². The largest absolute Gasteiger partial charge is 0.380 e. The standard InChI is InChI=1S/C19H23ClN4O2/c1-26-13-14-5-2-3-6-17(14)24-19(21)22-12-4-7-18(25)23-16-10-8-15(20)9-11-16/h2-3,5-6,8-11H,4,7,12-13H2,1H3,(H,23,25)(H3,21,22,24). The van der Waals surface area contributed by atoms with E-state index in [2.05, 4.69) is 15.6 Å². The van der Waals surface area contributed by atoms with E-state index in [1.165, 1.54) is 0 Å². The van der Waals surface area contributed by atoms with Crippen LogP contribution in [0.3, 0.4) is 0 Å². The van der Waals surface area contributed by atoms with Crippen molar-refractivity contribution in [2.45, 2.75) is 19.4 Å². The molecule has 0 radical (unpaired) electrons. The molecule has 0 bridgehead atoms. The number of hydrogen-bond acceptors (Lipinski definition) is 3. The first-order valence-corrected chi connectivity index (χ1v) is 8.65. The van der Waals surface area contributed by atoms with Crippen LogP contribution in [0.15, 0.2) is 53.5 Å². The van der Waals surface area contributed by atoms with Crippen LogP contribution < -0.4 is 16.4 Å². The topological polar surface area (TPSA) is 88.7 Å². The highest BCUT2D eigenvalue weighted by Gasteiger charge is 2.04. The van der Waals surface area contributed by atoms with Gasteiger partial charge in [0, 0.05) is 42.0 Å². The Kier molecular flexibility index (Phi) is 7.92. The molecule has 0 aliphatic carbocycles. The van der Waals surface area contributed by atoms with E-state index in [0.717, 1.165) is 16.9 Å². The number of ether oxygens (including phenoxy) is 1. The smallest absolute Gasteiger partial charge is 0.224 e. The molecule has 0 aliphatic rings. The summed E-state index contributed by atoms with van der Waals surface area (Å²) in [5, 5.41) is 6.51. The Morgan fingerprint density at radius 2 is 1.88 bits per heavy atom. The summed E-state index contributed by atoms with van der Waals surface area (Å²) in [6.45, 7) is 0.945. The van der Waals surface area contributed by atoms with E-state index in [9.17, 15) is 4.79 Å². The van der Waals surface area contributed by atoms with Crippen molar-refractivity contribution in [3.8, 4) is 0 Å². The van der Waals surface area contributed by atoms with Crippen LogP contribution in [0, 0.1) is 0 Å². The number of carbonyl (C=O) groups excluding carboxylic acids is 1. The second-order valence-electron chi connectivity index (χ2n) is 5.64. The minimum Gasteiger partial charge on any atom is -0.380 e. The van der Waals surface area contributed by atoms with Crippen molar-refractivity contribution >= 4 is 34.8 Å². The third-order valence-electron chi connectivity index (χ3n) is 3.55. The predicted octanol–water partition coefficient (Wildman–Crippen LogP) is 3.63. The minimum absolute atomic E-state index is 0.0699. The number of rotatable bonds is 8. The van der Waals surface area contributed by atoms with Crippen LogP contribution >= 0.6 is 11.6 Å². The number of para-hydroxylation sites is 1. The normalized spacial score (nSPS) is 11.2. The predicted molar refractivity (Wildman–Crippen MR) is 107 cm³/mol. The van der Waals surface area contributed by atoms with Crippen molar-refractivity contribution in [1.82, 2.24) is 0 Å². The Balaban J connectivity index is 1.75. The van der Waals surface area contributed by atoms with Crippen LogP contribution in [-0.4, -0.2) is 25.5 Å². The van der Waals surface area contributed by atoms with E-state index in [1.807, 2.05) is 24.3 Å². The van der Waals surface area contributed by atoms with Crippen molar-refractivity contribution in [3.05, 3.63) is 59.1 Å². The van der Waals surface area contributed by atoms with Gasteiger partial charge in [0.25, 0.3) is 0 Å². The van der Waals surface area contributed by atoms with Gasteiger partial charge in [-0.3, -0.25) is 9.79 Å². The van der Waals surface area contributed by atoms with Gasteiger partial charge in [0.2, 0.25) is 5.91 Å². The first kappa shape index (κ1) is 19.8. The van der Waals surface area contributed by atoms with Crippen molar-refractivity contribution < 1.29 is 9.53 Å². The molecule has 0 aliphatic heterocycles. The molecule has 2 aromatic rings. The van der Waals surface area contributed by atoms with Gasteiger partial charge in [-0.25, -0.2) is 0 Å². The van der Waals surface area contributed by atoms with Gasteiger partial charge >= 0.3 is 0 Å². The van der Waals surface area contributed by atoms with E-state index in [1.54, 1.807) is 31.4 Å². The highest BCUT2D eigenvalue weighted by molar-refractivity contribution is 6.30. The Hall–Kier alpha value is -2.57. The molecule has 7 heteroatoms. The summed E-state index contributed by atoms with van der Waals surface area (Å²) in [6, 6.07) is 14.7. The molecule has 0 atom stereocenters. The SMILES string of the molecule is COCc1ccccc1NC(N)=NCCCC(=O)Nc1ccc(Cl)cc1. The van der Waals surface area contributed by atoms with Crippen molar-refractivity contribution in [1.29, 1.82) is 0 Å². The second-order valence-corrected chi connectivity index (χ2v) is 6.08. The summed E-state index contributed by atoms with van der Waals surface area (Å²) in [4.78, 5) is 16.2. The summed E-state index contributed by atoms with van der Waals surface area (Å²) in [6.07, 6.45) is 0.960. The Bertz CT molecular complexity index is 747. The fraction of sp³-hybridized carbons (Fsp3) is 0.263. The van der Waals surface area contributed by atoms with Gasteiger partial charge in [0.15, 0.2) is 5.96 Å². The number of methoxy groups -OCH3 is 1. The van der Waals surface area contributed by atoms with E-state index in [0.29, 0.717) is 37.0 Å². The number of hydrogen-bond donors (Lipinski definition) is 3. The maximum atomic E-state index is 11.9. The number of nitrogens with zero attached hydrogens (tertiary/aromatic N) is 1. The molecule has 1 amide bonds. The fourth-order valence-corrected chi connectivity index (χ4v) is 2.42. The highest BCUT2D eigenvalue weighted by Crippen LogP contribution is 2.15. The summed E-state index contributed by atoms with van der Waals surface area (Å²) in [5.41, 5.74) is 8.48. The van der Waals surface area contributed by atoms with Gasteiger partial charge in [-0.2, -0.15) is 0 Å². The molecule has 138 valence electrons. The van der Waals surface area contributed by atoms with Crippen LogP contribution in [0.1, 0.15) is 18.4 Å². The number of amides is 1. The lowest BCUT2D eigenvalue weighted by atomic mass is 10.2. The number of nitrogens with two attached hydrogens (primary N) is 1. The number of carbonyl (C=O) groups is 1. The van der Waals surface area contributed by atoms with Crippen LogP contribution in [0.4, 0.5) is 11.4 Å².